The normalized spacial score (nSPS) is 18.2. The number of methoxy groups -OCH3 is 1. The van der Waals surface area contributed by atoms with E-state index >= 15 is 0 Å². The Kier molecular flexibility index (Phi) is 5.71. The predicted molar refractivity (Wildman–Crippen MR) is 117 cm³/mol. The molecule has 3 aromatic rings. The van der Waals surface area contributed by atoms with Crippen molar-refractivity contribution in [2.24, 2.45) is 0 Å². The Morgan fingerprint density at radius 1 is 1.19 bits per heavy atom. The number of likely N-dealkylation sites (N-methyl/N-ethyl adjacent to an activating group) is 1. The van der Waals surface area contributed by atoms with Gasteiger partial charge >= 0.3 is 0 Å². The molecule has 3 heterocycles. The highest BCUT2D eigenvalue weighted by atomic mass is 16.5. The van der Waals surface area contributed by atoms with Crippen LogP contribution in [0.5, 0.6) is 5.75 Å². The van der Waals surface area contributed by atoms with Crippen LogP contribution >= 0.6 is 0 Å². The van der Waals surface area contributed by atoms with Gasteiger partial charge in [-0.15, -0.1) is 0 Å². The molecule has 0 saturated carbocycles. The smallest absolute Gasteiger partial charge is 0.295 e. The highest BCUT2D eigenvalue weighted by Crippen LogP contribution is 2.39. The Labute approximate surface area is 186 Å². The van der Waals surface area contributed by atoms with Crippen LogP contribution in [0.2, 0.25) is 0 Å². The van der Waals surface area contributed by atoms with E-state index in [0.29, 0.717) is 41.4 Å². The summed E-state index contributed by atoms with van der Waals surface area (Å²) >= 11 is 0. The molecule has 1 aliphatic heterocycles. The van der Waals surface area contributed by atoms with Gasteiger partial charge in [-0.05, 0) is 36.8 Å². The lowest BCUT2D eigenvalue weighted by Crippen LogP contribution is -3.06. The van der Waals surface area contributed by atoms with Gasteiger partial charge < -0.3 is 24.0 Å². The standard InChI is InChI=1S/C24H26N4O4/c1-15-20(27-11-6-5-10-18(27)25-15)22(29)19-21(16-8-7-9-17(14-16)32-4)28(13-12-26(2)3)24(31)23(19)30/h5-11,14,21,29H,12-13H2,1-4H3. The van der Waals surface area contributed by atoms with Gasteiger partial charge in [-0.1, -0.05) is 24.0 Å². The first-order valence-corrected chi connectivity index (χ1v) is 10.5. The molecule has 8 heteroatoms. The molecule has 0 aliphatic carbocycles. The Morgan fingerprint density at radius 3 is 2.69 bits per heavy atom. The Morgan fingerprint density at radius 2 is 1.97 bits per heavy atom. The largest absolute Gasteiger partial charge is 0.871 e. The second kappa shape index (κ2) is 8.47. The molecule has 0 spiro atoms. The first-order valence-electron chi connectivity index (χ1n) is 10.5. The van der Waals surface area contributed by atoms with Crippen molar-refractivity contribution >= 4 is 23.1 Å². The van der Waals surface area contributed by atoms with Gasteiger partial charge in [0.2, 0.25) is 5.78 Å². The Bertz CT molecular complexity index is 1230. The molecular formula is C24H26N4O4. The molecule has 0 radical (unpaired) electrons. The molecule has 2 aromatic heterocycles. The van der Waals surface area contributed by atoms with E-state index < -0.39 is 23.5 Å². The van der Waals surface area contributed by atoms with E-state index in [4.69, 9.17) is 4.74 Å². The summed E-state index contributed by atoms with van der Waals surface area (Å²) in [4.78, 5) is 33.3. The van der Waals surface area contributed by atoms with Crippen LogP contribution in [-0.2, 0) is 9.59 Å². The lowest BCUT2D eigenvalue weighted by Gasteiger charge is -2.28. The first kappa shape index (κ1) is 21.6. The number of hydrogen-bond donors (Lipinski definition) is 1. The van der Waals surface area contributed by atoms with Crippen molar-refractivity contribution in [3.8, 4) is 5.75 Å². The number of quaternary nitrogens is 1. The number of Topliss-reactive ketones (excluding diaryl/α,β-unsaturated/α-hetero) is 1. The van der Waals surface area contributed by atoms with E-state index in [0.717, 1.165) is 4.90 Å². The number of nitrogens with one attached hydrogen (secondary N) is 1. The summed E-state index contributed by atoms with van der Waals surface area (Å²) in [5.41, 5.74) is 2.02. The van der Waals surface area contributed by atoms with Crippen LogP contribution < -0.4 is 14.7 Å². The number of aromatic nitrogens is 2. The van der Waals surface area contributed by atoms with Crippen LogP contribution in [0.15, 0.2) is 54.2 Å². The zero-order valence-electron chi connectivity index (χ0n) is 18.6. The third-order valence-corrected chi connectivity index (χ3v) is 5.71. The molecule has 4 rings (SSSR count). The van der Waals surface area contributed by atoms with Crippen LogP contribution in [0, 0.1) is 6.92 Å². The van der Waals surface area contributed by atoms with Gasteiger partial charge in [0.25, 0.3) is 5.91 Å². The number of pyridine rings is 1. The van der Waals surface area contributed by atoms with Crippen LogP contribution in [-0.4, -0.2) is 60.3 Å². The van der Waals surface area contributed by atoms with E-state index in [1.807, 2.05) is 26.2 Å². The highest BCUT2D eigenvalue weighted by Gasteiger charge is 2.44. The molecule has 8 nitrogen and oxygen atoms in total. The third kappa shape index (κ3) is 3.62. The summed E-state index contributed by atoms with van der Waals surface area (Å²) in [5, 5.41) is 13.8. The number of carbonyl (C=O) groups excluding carboxylic acids is 2. The lowest BCUT2D eigenvalue weighted by molar-refractivity contribution is -0.857. The summed E-state index contributed by atoms with van der Waals surface area (Å²) < 4.78 is 7.01. The number of benzene rings is 1. The number of hydrogen-bond acceptors (Lipinski definition) is 5. The van der Waals surface area contributed by atoms with Gasteiger partial charge in [-0.25, -0.2) is 4.98 Å². The highest BCUT2D eigenvalue weighted by molar-refractivity contribution is 6.46. The fourth-order valence-corrected chi connectivity index (χ4v) is 4.12. The van der Waals surface area contributed by atoms with Crippen molar-refractivity contribution in [3.63, 3.8) is 0 Å². The van der Waals surface area contributed by atoms with Crippen LogP contribution in [0.3, 0.4) is 0 Å². The average Bonchev–Trinajstić information content (AvgIpc) is 3.25. The Hall–Kier alpha value is -3.65. The van der Waals surface area contributed by atoms with E-state index in [-0.39, 0.29) is 5.57 Å². The summed E-state index contributed by atoms with van der Waals surface area (Å²) in [7, 11) is 5.50. The zero-order chi connectivity index (χ0) is 23.0. The van der Waals surface area contributed by atoms with Crippen LogP contribution in [0.1, 0.15) is 23.0 Å². The summed E-state index contributed by atoms with van der Waals surface area (Å²) in [6.07, 6.45) is 1.73. The predicted octanol–water partition coefficient (Wildman–Crippen LogP) is 0.0198. The van der Waals surface area contributed by atoms with Gasteiger partial charge in [-0.3, -0.25) is 9.59 Å². The van der Waals surface area contributed by atoms with Crippen molar-refractivity contribution in [2.75, 3.05) is 34.3 Å². The maximum absolute atomic E-state index is 13.8. The molecule has 1 aliphatic rings. The van der Waals surface area contributed by atoms with E-state index in [9.17, 15) is 14.7 Å². The number of aryl methyl sites for hydroxylation is 1. The maximum Gasteiger partial charge on any atom is 0.295 e. The quantitative estimate of drug-likeness (QED) is 0.336. The first-order chi connectivity index (χ1) is 15.3. The molecular weight excluding hydrogens is 408 g/mol. The average molecular weight is 434 g/mol. The minimum Gasteiger partial charge on any atom is -0.871 e. The van der Waals surface area contributed by atoms with Crippen molar-refractivity contribution in [1.29, 1.82) is 0 Å². The van der Waals surface area contributed by atoms with Crippen LogP contribution in [0.4, 0.5) is 0 Å². The van der Waals surface area contributed by atoms with E-state index in [1.165, 1.54) is 4.90 Å². The van der Waals surface area contributed by atoms with E-state index in [1.54, 1.807) is 55.0 Å². The second-order valence-electron chi connectivity index (χ2n) is 8.18. The zero-order valence-corrected chi connectivity index (χ0v) is 18.6. The van der Waals surface area contributed by atoms with Crippen molar-refractivity contribution < 1.29 is 24.3 Å². The molecule has 0 bridgehead atoms. The minimum absolute atomic E-state index is 0.0502. The molecule has 32 heavy (non-hydrogen) atoms. The number of fused-ring (bicyclic) bond motifs is 1. The van der Waals surface area contributed by atoms with Crippen molar-refractivity contribution in [2.45, 2.75) is 13.0 Å². The number of imidazole rings is 1. The molecule has 1 atom stereocenters. The number of ether oxygens (including phenoxy) is 1. The molecule has 166 valence electrons. The fraction of sp³-hybridized carbons (Fsp3) is 0.292. The fourth-order valence-electron chi connectivity index (χ4n) is 4.12. The summed E-state index contributed by atoms with van der Waals surface area (Å²) in [6, 6.07) is 11.8. The number of rotatable bonds is 6. The number of nitrogens with zero attached hydrogens (tertiary/aromatic N) is 3. The molecule has 1 saturated heterocycles. The van der Waals surface area contributed by atoms with Gasteiger partial charge in [-0.2, -0.15) is 0 Å². The SMILES string of the molecule is COc1cccc(C2C(=C([O-])c3c(C)nc4ccccn34)C(=O)C(=O)N2CC[NH+](C)C)c1. The topological polar surface area (TPSA) is 91.4 Å². The van der Waals surface area contributed by atoms with Crippen molar-refractivity contribution in [1.82, 2.24) is 14.3 Å². The maximum atomic E-state index is 13.8. The van der Waals surface area contributed by atoms with Gasteiger partial charge in [0.1, 0.15) is 11.4 Å². The number of likely N-dealkylation sites (tertiary alicyclic amines) is 1. The second-order valence-corrected chi connectivity index (χ2v) is 8.18. The lowest BCUT2D eigenvalue weighted by atomic mass is 9.96. The Balaban J connectivity index is 1.93. The molecule has 1 aromatic carbocycles. The molecule has 1 fully saturated rings. The number of carbonyl (C=O) groups is 2. The molecule has 1 N–H and O–H groups in total. The minimum atomic E-state index is -0.786. The van der Waals surface area contributed by atoms with E-state index in [2.05, 4.69) is 4.98 Å². The van der Waals surface area contributed by atoms with Gasteiger partial charge in [0.05, 0.1) is 51.7 Å². The summed E-state index contributed by atoms with van der Waals surface area (Å²) in [6.45, 7) is 2.71. The number of ketones is 1. The van der Waals surface area contributed by atoms with Crippen molar-refractivity contribution in [3.05, 3.63) is 71.2 Å². The monoisotopic (exact) mass is 434 g/mol. The molecule has 1 unspecified atom stereocenters. The molecule has 1 amide bonds. The number of amides is 1. The van der Waals surface area contributed by atoms with Gasteiger partial charge in [0.15, 0.2) is 0 Å². The third-order valence-electron chi connectivity index (χ3n) is 5.71. The van der Waals surface area contributed by atoms with Crippen LogP contribution in [0.25, 0.3) is 11.4 Å². The summed E-state index contributed by atoms with van der Waals surface area (Å²) in [5.74, 6) is -1.31. The van der Waals surface area contributed by atoms with Gasteiger partial charge in [0, 0.05) is 11.8 Å².